The number of nitrogens with zero attached hydrogens (tertiary/aromatic N) is 3. The summed E-state index contributed by atoms with van der Waals surface area (Å²) in [5.41, 5.74) is -0.458. The highest BCUT2D eigenvalue weighted by Gasteiger charge is 2.27. The summed E-state index contributed by atoms with van der Waals surface area (Å²) in [7, 11) is 0. The molecule has 1 aromatic heterocycles. The van der Waals surface area contributed by atoms with Gasteiger partial charge in [-0.3, -0.25) is 4.99 Å². The van der Waals surface area contributed by atoms with Crippen LogP contribution in [0.2, 0.25) is 0 Å². The van der Waals surface area contributed by atoms with Crippen LogP contribution in [0.4, 0.5) is 4.79 Å². The minimum Gasteiger partial charge on any atom is -0.444 e. The number of nitrogens with one attached hydrogen (secondary N) is 2. The first-order valence-corrected chi connectivity index (χ1v) is 11.0. The Bertz CT molecular complexity index is 653. The van der Waals surface area contributed by atoms with Gasteiger partial charge in [-0.05, 0) is 53.4 Å². The smallest absolute Gasteiger partial charge is 0.410 e. The van der Waals surface area contributed by atoms with E-state index >= 15 is 0 Å². The number of aryl methyl sites for hydroxylation is 1. The van der Waals surface area contributed by atoms with Crippen molar-refractivity contribution in [2.45, 2.75) is 59.5 Å². The van der Waals surface area contributed by atoms with Gasteiger partial charge in [0.05, 0.1) is 5.01 Å². The van der Waals surface area contributed by atoms with Crippen LogP contribution in [0.25, 0.3) is 0 Å². The van der Waals surface area contributed by atoms with Gasteiger partial charge in [0.15, 0.2) is 5.96 Å². The summed E-state index contributed by atoms with van der Waals surface area (Å²) in [6, 6.07) is 0. The van der Waals surface area contributed by atoms with Gasteiger partial charge in [0, 0.05) is 50.2 Å². The number of piperidine rings is 1. The first-order valence-electron chi connectivity index (χ1n) is 10.2. The number of thiazole rings is 1. The Morgan fingerprint density at radius 1 is 1.43 bits per heavy atom. The molecule has 0 radical (unpaired) electrons. The Morgan fingerprint density at radius 2 is 2.21 bits per heavy atom. The number of hydrogen-bond donors (Lipinski definition) is 2. The number of carbonyl (C=O) groups excluding carboxylic acids is 1. The average molecular weight is 410 g/mol. The summed E-state index contributed by atoms with van der Waals surface area (Å²) in [5, 5.41) is 7.82. The highest BCUT2D eigenvalue weighted by atomic mass is 32.1. The second kappa shape index (κ2) is 10.6. The van der Waals surface area contributed by atoms with E-state index in [1.54, 1.807) is 11.3 Å². The maximum absolute atomic E-state index is 12.3. The van der Waals surface area contributed by atoms with E-state index in [0.29, 0.717) is 19.0 Å². The number of likely N-dealkylation sites (tertiary alicyclic amines) is 1. The van der Waals surface area contributed by atoms with Crippen molar-refractivity contribution < 1.29 is 9.53 Å². The zero-order valence-electron chi connectivity index (χ0n) is 17.9. The summed E-state index contributed by atoms with van der Waals surface area (Å²) in [6.07, 6.45) is 4.66. The third-order valence-electron chi connectivity index (χ3n) is 4.32. The Balaban J connectivity index is 1.82. The fourth-order valence-corrected chi connectivity index (χ4v) is 3.86. The first kappa shape index (κ1) is 22.5. The number of aliphatic imine (C=N–C) groups is 1. The van der Waals surface area contributed by atoms with E-state index in [-0.39, 0.29) is 6.09 Å². The Kier molecular flexibility index (Phi) is 8.54. The molecule has 1 aliphatic rings. The second-order valence-electron chi connectivity index (χ2n) is 8.20. The third kappa shape index (κ3) is 8.04. The highest BCUT2D eigenvalue weighted by molar-refractivity contribution is 7.11. The fraction of sp³-hybridized carbons (Fsp3) is 0.750. The first-order chi connectivity index (χ1) is 13.3. The van der Waals surface area contributed by atoms with Gasteiger partial charge in [0.25, 0.3) is 0 Å². The lowest BCUT2D eigenvalue weighted by Crippen LogP contribution is -2.44. The van der Waals surface area contributed by atoms with Crippen molar-refractivity contribution in [2.24, 2.45) is 10.9 Å². The lowest BCUT2D eigenvalue weighted by atomic mass is 9.98. The fourth-order valence-electron chi connectivity index (χ4n) is 3.07. The Hall–Kier alpha value is -1.83. The average Bonchev–Trinajstić information content (AvgIpc) is 3.03. The van der Waals surface area contributed by atoms with Gasteiger partial charge in [0.2, 0.25) is 0 Å². The molecule has 2 heterocycles. The Labute approximate surface area is 173 Å². The van der Waals surface area contributed by atoms with Crippen molar-refractivity contribution in [2.75, 3.05) is 32.7 Å². The van der Waals surface area contributed by atoms with Crippen molar-refractivity contribution in [3.05, 3.63) is 16.1 Å². The van der Waals surface area contributed by atoms with Gasteiger partial charge in [-0.15, -0.1) is 11.3 Å². The zero-order valence-corrected chi connectivity index (χ0v) is 18.7. The number of ether oxygens (including phenoxy) is 1. The van der Waals surface area contributed by atoms with Crippen LogP contribution in [0.5, 0.6) is 0 Å². The quantitative estimate of drug-likeness (QED) is 0.557. The Morgan fingerprint density at radius 3 is 2.86 bits per heavy atom. The van der Waals surface area contributed by atoms with E-state index in [4.69, 9.17) is 9.73 Å². The number of guanidine groups is 1. The van der Waals surface area contributed by atoms with E-state index in [2.05, 4.69) is 29.5 Å². The van der Waals surface area contributed by atoms with Crippen LogP contribution in [-0.2, 0) is 11.2 Å². The van der Waals surface area contributed by atoms with Gasteiger partial charge in [0.1, 0.15) is 5.60 Å². The third-order valence-corrected chi connectivity index (χ3v) is 5.30. The maximum Gasteiger partial charge on any atom is 0.410 e. The molecule has 1 saturated heterocycles. The molecule has 0 bridgehead atoms. The van der Waals surface area contributed by atoms with Gasteiger partial charge in [-0.1, -0.05) is 0 Å². The maximum atomic E-state index is 12.3. The molecular weight excluding hydrogens is 374 g/mol. The molecule has 158 valence electrons. The molecule has 1 aromatic rings. The molecule has 1 amide bonds. The second-order valence-corrected chi connectivity index (χ2v) is 9.51. The van der Waals surface area contributed by atoms with E-state index in [1.807, 2.05) is 31.9 Å². The normalized spacial score (nSPS) is 18.1. The standard InChI is InChI=1S/C20H35N5O2S/c1-6-21-18(22-10-9-17-23-12-15(2)28-17)24-13-16-8-7-11-25(14-16)19(26)27-20(3,4)5/h12,16H,6-11,13-14H2,1-5H3,(H2,21,22,24). The van der Waals surface area contributed by atoms with Gasteiger partial charge >= 0.3 is 6.09 Å². The predicted molar refractivity (Wildman–Crippen MR) is 115 cm³/mol. The molecule has 0 saturated carbocycles. The molecule has 28 heavy (non-hydrogen) atoms. The van der Waals surface area contributed by atoms with Crippen LogP contribution in [-0.4, -0.2) is 60.3 Å². The predicted octanol–water partition coefficient (Wildman–Crippen LogP) is 3.20. The largest absolute Gasteiger partial charge is 0.444 e. The zero-order chi connectivity index (χ0) is 20.6. The van der Waals surface area contributed by atoms with E-state index in [1.165, 1.54) is 4.88 Å². The van der Waals surface area contributed by atoms with E-state index in [0.717, 1.165) is 49.9 Å². The topological polar surface area (TPSA) is 78.9 Å². The number of carbonyl (C=O) groups is 1. The summed E-state index contributed by atoms with van der Waals surface area (Å²) >= 11 is 1.73. The monoisotopic (exact) mass is 409 g/mol. The number of aromatic nitrogens is 1. The molecule has 0 aliphatic carbocycles. The van der Waals surface area contributed by atoms with Crippen LogP contribution in [0.1, 0.15) is 50.4 Å². The van der Waals surface area contributed by atoms with Crippen molar-refractivity contribution >= 4 is 23.4 Å². The molecule has 1 unspecified atom stereocenters. The number of rotatable bonds is 6. The lowest BCUT2D eigenvalue weighted by Gasteiger charge is -2.33. The molecule has 1 fully saturated rings. The molecule has 0 aromatic carbocycles. The minimum atomic E-state index is -0.458. The number of hydrogen-bond acceptors (Lipinski definition) is 5. The van der Waals surface area contributed by atoms with Gasteiger partial charge < -0.3 is 20.3 Å². The number of amides is 1. The van der Waals surface area contributed by atoms with Crippen LogP contribution in [0.15, 0.2) is 11.2 Å². The molecule has 8 heteroatoms. The molecule has 2 N–H and O–H groups in total. The van der Waals surface area contributed by atoms with Crippen LogP contribution in [0, 0.1) is 12.8 Å². The molecule has 1 atom stereocenters. The van der Waals surface area contributed by atoms with Crippen molar-refractivity contribution in [1.82, 2.24) is 20.5 Å². The van der Waals surface area contributed by atoms with Crippen molar-refractivity contribution in [3.8, 4) is 0 Å². The summed E-state index contributed by atoms with van der Waals surface area (Å²) in [4.78, 5) is 24.5. The van der Waals surface area contributed by atoms with Crippen LogP contribution < -0.4 is 10.6 Å². The minimum absolute atomic E-state index is 0.218. The van der Waals surface area contributed by atoms with E-state index < -0.39 is 5.60 Å². The SMILES string of the molecule is CCNC(=NCC1CCCN(C(=O)OC(C)(C)C)C1)NCCc1ncc(C)s1. The highest BCUT2D eigenvalue weighted by Crippen LogP contribution is 2.19. The summed E-state index contributed by atoms with van der Waals surface area (Å²) in [6.45, 7) is 13.6. The molecule has 2 rings (SSSR count). The van der Waals surface area contributed by atoms with Gasteiger partial charge in [-0.2, -0.15) is 0 Å². The molecular formula is C20H35N5O2S. The van der Waals surface area contributed by atoms with E-state index in [9.17, 15) is 4.79 Å². The summed E-state index contributed by atoms with van der Waals surface area (Å²) in [5.74, 6) is 1.18. The van der Waals surface area contributed by atoms with Crippen molar-refractivity contribution in [1.29, 1.82) is 0 Å². The van der Waals surface area contributed by atoms with Crippen LogP contribution >= 0.6 is 11.3 Å². The lowest BCUT2D eigenvalue weighted by molar-refractivity contribution is 0.0170. The molecule has 0 spiro atoms. The van der Waals surface area contributed by atoms with Gasteiger partial charge in [-0.25, -0.2) is 9.78 Å². The van der Waals surface area contributed by atoms with Crippen LogP contribution in [0.3, 0.4) is 0 Å². The summed E-state index contributed by atoms with van der Waals surface area (Å²) < 4.78 is 5.51. The van der Waals surface area contributed by atoms with Crippen molar-refractivity contribution in [3.63, 3.8) is 0 Å². The molecule has 1 aliphatic heterocycles. The molecule has 7 nitrogen and oxygen atoms in total.